The highest BCUT2D eigenvalue weighted by atomic mass is 32.2. The summed E-state index contributed by atoms with van der Waals surface area (Å²) in [5.74, 6) is -0.0188. The van der Waals surface area contributed by atoms with Gasteiger partial charge in [-0.05, 0) is 41.2 Å². The number of methoxy groups -OCH3 is 1. The number of ether oxygens (including phenoxy) is 1. The number of Topliss-reactive ketones (excluding diaryl/α,β-unsaturated/α-hetero) is 1. The molecule has 3 N–H and O–H groups in total. The van der Waals surface area contributed by atoms with E-state index in [0.717, 1.165) is 23.4 Å². The number of rotatable bonds is 5. The summed E-state index contributed by atoms with van der Waals surface area (Å²) in [4.78, 5) is 26.9. The molecule has 4 unspecified atom stereocenters. The summed E-state index contributed by atoms with van der Waals surface area (Å²) in [6.45, 7) is 4.19. The Hall–Kier alpha value is -2.84. The third kappa shape index (κ3) is 4.69. The molecule has 1 amide bonds. The summed E-state index contributed by atoms with van der Waals surface area (Å²) in [5, 5.41) is 10.1. The van der Waals surface area contributed by atoms with E-state index in [-0.39, 0.29) is 40.5 Å². The van der Waals surface area contributed by atoms with Gasteiger partial charge in [0.15, 0.2) is 5.78 Å². The Labute approximate surface area is 209 Å². The smallest absolute Gasteiger partial charge is 0.229 e. The van der Waals surface area contributed by atoms with Crippen molar-refractivity contribution in [1.29, 1.82) is 0 Å². The standard InChI is InChI=1S/C27H30FN3O3S/c1-27(2)12-19-22(20(32)13-27)21(15-8-10-17(34-3)11-9-15)23-24(29-19)30-26(31-25(23)33)35-14-16-6-4-5-7-18(16)28/h4-11,21,23-24,26,29-30H,12-14H2,1-3H3,(H,31,33). The first kappa shape index (κ1) is 23.9. The Morgan fingerprint density at radius 2 is 1.80 bits per heavy atom. The molecule has 1 fully saturated rings. The second-order valence-corrected chi connectivity index (χ2v) is 11.3. The van der Waals surface area contributed by atoms with Crippen molar-refractivity contribution in [2.75, 3.05) is 7.11 Å². The molecule has 35 heavy (non-hydrogen) atoms. The summed E-state index contributed by atoms with van der Waals surface area (Å²) in [6, 6.07) is 14.3. The first-order valence-electron chi connectivity index (χ1n) is 11.8. The number of amides is 1. The van der Waals surface area contributed by atoms with Crippen molar-refractivity contribution in [1.82, 2.24) is 16.0 Å². The minimum atomic E-state index is -0.502. The molecular formula is C27H30FN3O3S. The lowest BCUT2D eigenvalue weighted by Crippen LogP contribution is -2.68. The molecule has 4 atom stereocenters. The highest BCUT2D eigenvalue weighted by Crippen LogP contribution is 2.47. The predicted molar refractivity (Wildman–Crippen MR) is 134 cm³/mol. The highest BCUT2D eigenvalue weighted by molar-refractivity contribution is 7.99. The number of halogens is 1. The molecule has 2 heterocycles. The topological polar surface area (TPSA) is 79.5 Å². The van der Waals surface area contributed by atoms with Gasteiger partial charge in [0.05, 0.1) is 19.2 Å². The van der Waals surface area contributed by atoms with Crippen molar-refractivity contribution in [2.45, 2.75) is 50.0 Å². The third-order valence-corrected chi connectivity index (χ3v) is 8.09. The summed E-state index contributed by atoms with van der Waals surface area (Å²) in [5.41, 5.74) is 2.58. The average molecular weight is 496 g/mol. The SMILES string of the molecule is COc1ccc(C2C3=C(CC(C)(C)CC3=O)NC3NC(SCc4ccccc4F)NC(=O)C32)cc1. The molecule has 0 radical (unpaired) electrons. The quantitative estimate of drug-likeness (QED) is 0.581. The molecule has 0 bridgehead atoms. The van der Waals surface area contributed by atoms with Crippen LogP contribution in [0.4, 0.5) is 4.39 Å². The first-order valence-corrected chi connectivity index (χ1v) is 12.9. The van der Waals surface area contributed by atoms with Gasteiger partial charge >= 0.3 is 0 Å². The summed E-state index contributed by atoms with van der Waals surface area (Å²) in [7, 11) is 1.61. The molecule has 1 aliphatic carbocycles. The van der Waals surface area contributed by atoms with E-state index in [1.54, 1.807) is 25.3 Å². The number of hydrogen-bond acceptors (Lipinski definition) is 6. The number of allylic oxidation sites excluding steroid dienone is 2. The van der Waals surface area contributed by atoms with Gasteiger partial charge in [0, 0.05) is 29.4 Å². The van der Waals surface area contributed by atoms with Gasteiger partial charge in [-0.1, -0.05) is 44.2 Å². The molecule has 3 aliphatic rings. The van der Waals surface area contributed by atoms with E-state index in [0.29, 0.717) is 23.3 Å². The molecule has 0 aromatic heterocycles. The molecule has 2 aromatic carbocycles. The zero-order valence-corrected chi connectivity index (χ0v) is 20.9. The fraction of sp³-hybridized carbons (Fsp3) is 0.407. The predicted octanol–water partition coefficient (Wildman–Crippen LogP) is 4.04. The zero-order chi connectivity index (χ0) is 24.7. The van der Waals surface area contributed by atoms with Gasteiger partial charge in [-0.25, -0.2) is 4.39 Å². The van der Waals surface area contributed by atoms with E-state index >= 15 is 0 Å². The molecule has 0 spiro atoms. The lowest BCUT2D eigenvalue weighted by molar-refractivity contribution is -0.130. The largest absolute Gasteiger partial charge is 0.497 e. The maximum atomic E-state index is 14.1. The lowest BCUT2D eigenvalue weighted by atomic mass is 9.66. The third-order valence-electron chi connectivity index (χ3n) is 7.02. The van der Waals surface area contributed by atoms with E-state index in [1.165, 1.54) is 17.8 Å². The monoisotopic (exact) mass is 495 g/mol. The summed E-state index contributed by atoms with van der Waals surface area (Å²) < 4.78 is 19.4. The van der Waals surface area contributed by atoms with Crippen LogP contribution < -0.4 is 20.7 Å². The lowest BCUT2D eigenvalue weighted by Gasteiger charge is -2.48. The van der Waals surface area contributed by atoms with E-state index in [2.05, 4.69) is 29.8 Å². The van der Waals surface area contributed by atoms with Crippen LogP contribution in [0.3, 0.4) is 0 Å². The Morgan fingerprint density at radius 3 is 2.51 bits per heavy atom. The Balaban J connectivity index is 1.46. The number of fused-ring (bicyclic) bond motifs is 1. The molecule has 184 valence electrons. The molecule has 2 aromatic rings. The van der Waals surface area contributed by atoms with E-state index in [1.807, 2.05) is 24.3 Å². The van der Waals surface area contributed by atoms with Gasteiger partial charge in [-0.3, -0.25) is 14.9 Å². The maximum absolute atomic E-state index is 14.1. The van der Waals surface area contributed by atoms with Crippen LogP contribution in [0.2, 0.25) is 0 Å². The van der Waals surface area contributed by atoms with Gasteiger partial charge < -0.3 is 15.4 Å². The van der Waals surface area contributed by atoms with Crippen LogP contribution in [-0.2, 0) is 15.3 Å². The fourth-order valence-electron chi connectivity index (χ4n) is 5.42. The fourth-order valence-corrected chi connectivity index (χ4v) is 6.44. The van der Waals surface area contributed by atoms with Crippen LogP contribution in [0.15, 0.2) is 59.8 Å². The second-order valence-electron chi connectivity index (χ2n) is 10.2. The number of benzene rings is 2. The van der Waals surface area contributed by atoms with E-state index in [9.17, 15) is 14.0 Å². The van der Waals surface area contributed by atoms with Crippen LogP contribution in [0.1, 0.15) is 43.7 Å². The van der Waals surface area contributed by atoms with Crippen molar-refractivity contribution in [3.8, 4) is 5.75 Å². The molecule has 5 rings (SSSR count). The van der Waals surface area contributed by atoms with Crippen molar-refractivity contribution < 1.29 is 18.7 Å². The van der Waals surface area contributed by atoms with Crippen LogP contribution >= 0.6 is 11.8 Å². The number of thioether (sulfide) groups is 1. The normalized spacial score (nSPS) is 27.4. The number of carbonyl (C=O) groups is 2. The number of nitrogens with one attached hydrogen (secondary N) is 3. The first-order chi connectivity index (χ1) is 16.8. The van der Waals surface area contributed by atoms with E-state index < -0.39 is 5.92 Å². The van der Waals surface area contributed by atoms with Crippen LogP contribution in [-0.4, -0.2) is 30.5 Å². The summed E-state index contributed by atoms with van der Waals surface area (Å²) >= 11 is 1.43. The molecule has 2 aliphatic heterocycles. The Bertz CT molecular complexity index is 1180. The number of carbonyl (C=O) groups excluding carboxylic acids is 2. The van der Waals surface area contributed by atoms with Crippen molar-refractivity contribution in [3.05, 3.63) is 76.7 Å². The van der Waals surface area contributed by atoms with Crippen molar-refractivity contribution in [3.63, 3.8) is 0 Å². The second kappa shape index (κ2) is 9.32. The summed E-state index contributed by atoms with van der Waals surface area (Å²) in [6.07, 6.45) is 0.836. The minimum absolute atomic E-state index is 0.0897. The van der Waals surface area contributed by atoms with Crippen molar-refractivity contribution in [2.24, 2.45) is 11.3 Å². The Kier molecular flexibility index (Phi) is 6.36. The molecule has 0 saturated carbocycles. The number of ketones is 1. The van der Waals surface area contributed by atoms with Crippen LogP contribution in [0.5, 0.6) is 5.75 Å². The van der Waals surface area contributed by atoms with Gasteiger partial charge in [0.25, 0.3) is 0 Å². The molecule has 1 saturated heterocycles. The van der Waals surface area contributed by atoms with Crippen molar-refractivity contribution >= 4 is 23.5 Å². The van der Waals surface area contributed by atoms with Crippen LogP contribution in [0, 0.1) is 17.2 Å². The number of hydrogen-bond donors (Lipinski definition) is 3. The highest BCUT2D eigenvalue weighted by Gasteiger charge is 2.50. The van der Waals surface area contributed by atoms with Gasteiger partial charge in [-0.15, -0.1) is 11.8 Å². The molecule has 6 nitrogen and oxygen atoms in total. The zero-order valence-electron chi connectivity index (χ0n) is 20.1. The van der Waals surface area contributed by atoms with Gasteiger partial charge in [-0.2, -0.15) is 0 Å². The van der Waals surface area contributed by atoms with Gasteiger partial charge in [0.2, 0.25) is 5.91 Å². The maximum Gasteiger partial charge on any atom is 0.229 e. The Morgan fingerprint density at radius 1 is 1.06 bits per heavy atom. The van der Waals surface area contributed by atoms with E-state index in [4.69, 9.17) is 4.74 Å². The minimum Gasteiger partial charge on any atom is -0.497 e. The van der Waals surface area contributed by atoms with Gasteiger partial charge in [0.1, 0.15) is 17.1 Å². The molecular weight excluding hydrogens is 465 g/mol. The average Bonchev–Trinajstić information content (AvgIpc) is 2.81. The van der Waals surface area contributed by atoms with Crippen LogP contribution in [0.25, 0.3) is 0 Å². The molecule has 8 heteroatoms.